The van der Waals surface area contributed by atoms with E-state index >= 15 is 0 Å². The summed E-state index contributed by atoms with van der Waals surface area (Å²) in [6.07, 6.45) is 4.05. The molecule has 0 radical (unpaired) electrons. The fourth-order valence-corrected chi connectivity index (χ4v) is 1.50. The molecule has 1 aliphatic rings. The Labute approximate surface area is 65.8 Å². The van der Waals surface area contributed by atoms with Crippen molar-refractivity contribution in [2.75, 3.05) is 0 Å². The number of rotatable bonds is 0. The maximum absolute atomic E-state index is 5.89. The van der Waals surface area contributed by atoms with E-state index in [0.717, 1.165) is 12.8 Å². The fourth-order valence-electron chi connectivity index (χ4n) is 0.980. The summed E-state index contributed by atoms with van der Waals surface area (Å²) >= 11 is 11.7. The molecule has 0 N–H and O–H groups in total. The topological polar surface area (TPSA) is 0 Å². The van der Waals surface area contributed by atoms with Crippen LogP contribution >= 0.6 is 23.2 Å². The van der Waals surface area contributed by atoms with Gasteiger partial charge in [0.2, 0.25) is 0 Å². The van der Waals surface area contributed by atoms with E-state index in [4.69, 9.17) is 23.2 Å². The number of halogens is 2. The van der Waals surface area contributed by atoms with Crippen molar-refractivity contribution in [2.24, 2.45) is 0 Å². The predicted molar refractivity (Wildman–Crippen MR) is 42.3 cm³/mol. The van der Waals surface area contributed by atoms with Gasteiger partial charge < -0.3 is 0 Å². The van der Waals surface area contributed by atoms with Crippen molar-refractivity contribution in [3.63, 3.8) is 0 Å². The smallest absolute Gasteiger partial charge is 0.0539 e. The summed E-state index contributed by atoms with van der Waals surface area (Å²) in [4.78, 5) is 0. The second-order valence-corrected chi connectivity index (χ2v) is 3.64. The zero-order valence-corrected chi connectivity index (χ0v) is 6.91. The van der Waals surface area contributed by atoms with Crippen molar-refractivity contribution in [1.82, 2.24) is 0 Å². The lowest BCUT2D eigenvalue weighted by atomic mass is 10.0. The minimum absolute atomic E-state index is 0.148. The van der Waals surface area contributed by atoms with E-state index < -0.39 is 0 Å². The molecule has 2 atom stereocenters. The summed E-state index contributed by atoms with van der Waals surface area (Å²) in [5.74, 6) is 0. The van der Waals surface area contributed by atoms with Gasteiger partial charge in [0.15, 0.2) is 0 Å². The molecular formula is C7H10Cl2. The first-order valence-electron chi connectivity index (χ1n) is 3.14. The van der Waals surface area contributed by atoms with Crippen LogP contribution in [0.4, 0.5) is 0 Å². The summed E-state index contributed by atoms with van der Waals surface area (Å²) in [5, 5.41) is 0.298. The first kappa shape index (κ1) is 7.43. The molecule has 0 aromatic heterocycles. The van der Waals surface area contributed by atoms with Gasteiger partial charge in [-0.05, 0) is 19.8 Å². The van der Waals surface area contributed by atoms with Gasteiger partial charge in [0.1, 0.15) is 0 Å². The Kier molecular flexibility index (Phi) is 2.42. The molecular weight excluding hydrogens is 155 g/mol. The van der Waals surface area contributed by atoms with Crippen LogP contribution < -0.4 is 0 Å². The zero-order valence-electron chi connectivity index (χ0n) is 5.40. The number of hydrogen-bond donors (Lipinski definition) is 0. The molecule has 0 aromatic rings. The molecule has 0 saturated heterocycles. The standard InChI is InChI=1S/C7H10Cl2/c1-5-2-3-6(8)7(9)4-5/h2,6-7H,3-4H2,1H3. The van der Waals surface area contributed by atoms with E-state index in [-0.39, 0.29) is 10.8 Å². The highest BCUT2D eigenvalue weighted by Crippen LogP contribution is 2.26. The van der Waals surface area contributed by atoms with Crippen LogP contribution in [0.1, 0.15) is 19.8 Å². The van der Waals surface area contributed by atoms with Crippen molar-refractivity contribution in [2.45, 2.75) is 30.5 Å². The van der Waals surface area contributed by atoms with Crippen molar-refractivity contribution in [3.8, 4) is 0 Å². The Balaban J connectivity index is 2.54. The molecule has 52 valence electrons. The molecule has 2 unspecified atom stereocenters. The maximum Gasteiger partial charge on any atom is 0.0539 e. The third kappa shape index (κ3) is 1.87. The average molecular weight is 165 g/mol. The molecule has 1 rings (SSSR count). The number of hydrogen-bond acceptors (Lipinski definition) is 0. The Bertz CT molecular complexity index is 129. The monoisotopic (exact) mass is 164 g/mol. The summed E-state index contributed by atoms with van der Waals surface area (Å²) in [5.41, 5.74) is 1.37. The van der Waals surface area contributed by atoms with Gasteiger partial charge in [0.05, 0.1) is 10.8 Å². The van der Waals surface area contributed by atoms with Crippen LogP contribution in [0.2, 0.25) is 0 Å². The molecule has 0 bridgehead atoms. The fraction of sp³-hybridized carbons (Fsp3) is 0.714. The molecule has 0 amide bonds. The molecule has 2 heteroatoms. The third-order valence-corrected chi connectivity index (χ3v) is 2.67. The lowest BCUT2D eigenvalue weighted by Crippen LogP contribution is -2.18. The first-order valence-corrected chi connectivity index (χ1v) is 4.01. The van der Waals surface area contributed by atoms with Gasteiger partial charge in [0.25, 0.3) is 0 Å². The highest BCUT2D eigenvalue weighted by Gasteiger charge is 2.19. The second kappa shape index (κ2) is 2.94. The molecule has 0 nitrogen and oxygen atoms in total. The predicted octanol–water partition coefficient (Wildman–Crippen LogP) is 2.94. The molecule has 0 saturated carbocycles. The Hall–Kier alpha value is 0.320. The summed E-state index contributed by atoms with van der Waals surface area (Å²) in [6.45, 7) is 2.10. The van der Waals surface area contributed by atoms with E-state index in [1.165, 1.54) is 5.57 Å². The average Bonchev–Trinajstić information content (AvgIpc) is 1.80. The maximum atomic E-state index is 5.89. The van der Waals surface area contributed by atoms with E-state index in [9.17, 15) is 0 Å². The summed E-state index contributed by atoms with van der Waals surface area (Å²) < 4.78 is 0. The third-order valence-electron chi connectivity index (χ3n) is 1.60. The molecule has 0 spiro atoms. The minimum atomic E-state index is 0.148. The molecule has 0 aromatic carbocycles. The zero-order chi connectivity index (χ0) is 6.85. The van der Waals surface area contributed by atoms with Gasteiger partial charge in [-0.15, -0.1) is 23.2 Å². The van der Waals surface area contributed by atoms with Gasteiger partial charge >= 0.3 is 0 Å². The lowest BCUT2D eigenvalue weighted by Gasteiger charge is -2.19. The highest BCUT2D eigenvalue weighted by atomic mass is 35.5. The van der Waals surface area contributed by atoms with Crippen LogP contribution in [0.15, 0.2) is 11.6 Å². The minimum Gasteiger partial charge on any atom is -0.121 e. The van der Waals surface area contributed by atoms with Crippen molar-refractivity contribution in [1.29, 1.82) is 0 Å². The summed E-state index contributed by atoms with van der Waals surface area (Å²) in [7, 11) is 0. The van der Waals surface area contributed by atoms with Gasteiger partial charge in [0, 0.05) is 0 Å². The van der Waals surface area contributed by atoms with E-state index in [2.05, 4.69) is 13.0 Å². The van der Waals surface area contributed by atoms with Crippen molar-refractivity contribution < 1.29 is 0 Å². The Morgan fingerprint density at radius 2 is 2.11 bits per heavy atom. The number of alkyl halides is 2. The van der Waals surface area contributed by atoms with Crippen LogP contribution in [-0.2, 0) is 0 Å². The second-order valence-electron chi connectivity index (χ2n) is 2.52. The first-order chi connectivity index (χ1) is 4.20. The largest absolute Gasteiger partial charge is 0.121 e. The van der Waals surface area contributed by atoms with Gasteiger partial charge in [-0.3, -0.25) is 0 Å². The lowest BCUT2D eigenvalue weighted by molar-refractivity contribution is 0.719. The van der Waals surface area contributed by atoms with Crippen LogP contribution in [0, 0.1) is 0 Å². The van der Waals surface area contributed by atoms with Crippen LogP contribution in [0.25, 0.3) is 0 Å². The molecule has 0 aliphatic heterocycles. The van der Waals surface area contributed by atoms with Crippen LogP contribution in [0.3, 0.4) is 0 Å². The molecule has 9 heavy (non-hydrogen) atoms. The SMILES string of the molecule is CC1=CCC(Cl)C(Cl)C1. The van der Waals surface area contributed by atoms with Gasteiger partial charge in [-0.1, -0.05) is 11.6 Å². The van der Waals surface area contributed by atoms with Gasteiger partial charge in [-0.25, -0.2) is 0 Å². The summed E-state index contributed by atoms with van der Waals surface area (Å²) in [6, 6.07) is 0. The van der Waals surface area contributed by atoms with E-state index in [0.29, 0.717) is 0 Å². The Morgan fingerprint density at radius 3 is 2.56 bits per heavy atom. The van der Waals surface area contributed by atoms with Crippen molar-refractivity contribution in [3.05, 3.63) is 11.6 Å². The molecule has 0 heterocycles. The van der Waals surface area contributed by atoms with Gasteiger partial charge in [-0.2, -0.15) is 0 Å². The highest BCUT2D eigenvalue weighted by molar-refractivity contribution is 6.30. The number of allylic oxidation sites excluding steroid dienone is 2. The quantitative estimate of drug-likeness (QED) is 0.382. The molecule has 0 fully saturated rings. The van der Waals surface area contributed by atoms with E-state index in [1.807, 2.05) is 0 Å². The molecule has 1 aliphatic carbocycles. The normalized spacial score (nSPS) is 36.1. The van der Waals surface area contributed by atoms with E-state index in [1.54, 1.807) is 0 Å². The van der Waals surface area contributed by atoms with Crippen molar-refractivity contribution >= 4 is 23.2 Å². The van der Waals surface area contributed by atoms with Crippen LogP contribution in [-0.4, -0.2) is 10.8 Å². The van der Waals surface area contributed by atoms with Crippen LogP contribution in [0.5, 0.6) is 0 Å². The Morgan fingerprint density at radius 1 is 1.44 bits per heavy atom.